The zero-order valence-electron chi connectivity index (χ0n) is 18.8. The van der Waals surface area contributed by atoms with Gasteiger partial charge in [-0.15, -0.1) is 0 Å². The highest BCUT2D eigenvalue weighted by molar-refractivity contribution is 7.86. The first-order valence-electron chi connectivity index (χ1n) is 11.9. The summed E-state index contributed by atoms with van der Waals surface area (Å²) in [7, 11) is -3.76. The largest absolute Gasteiger partial charge is 0.297 e. The molecular weight excluding hydrogens is 408 g/mol. The maximum atomic E-state index is 13.0. The monoisotopic (exact) mass is 442 g/mol. The molecule has 1 aromatic carbocycles. The van der Waals surface area contributed by atoms with Gasteiger partial charge in [-0.25, -0.2) is 0 Å². The van der Waals surface area contributed by atoms with Gasteiger partial charge < -0.3 is 0 Å². The number of aryl methyl sites for hydroxylation is 1. The van der Waals surface area contributed by atoms with Crippen LogP contribution in [0.4, 0.5) is 0 Å². The maximum Gasteiger partial charge on any atom is 0.297 e. The molecule has 5 rings (SSSR count). The van der Waals surface area contributed by atoms with Gasteiger partial charge in [0.1, 0.15) is 0 Å². The number of carbonyl (C=O) groups is 1. The van der Waals surface area contributed by atoms with Gasteiger partial charge in [-0.3, -0.25) is 8.98 Å². The van der Waals surface area contributed by atoms with E-state index in [1.54, 1.807) is 12.1 Å². The van der Waals surface area contributed by atoms with E-state index in [-0.39, 0.29) is 16.4 Å². The summed E-state index contributed by atoms with van der Waals surface area (Å²) in [6.07, 6.45) is 8.40. The standard InChI is InChI=1S/C26H34O4S/c1-16-4-7-20(8-5-16)31(28,29)30-24-11-10-23-25-17(2)14-18-15-19(27)6-9-21(18)22(25)12-13-26(23,24)3/h4-5,7-8,15,17,21-25H,6,9-14H2,1-3H3. The zero-order chi connectivity index (χ0) is 22.0. The number of rotatable bonds is 3. The van der Waals surface area contributed by atoms with E-state index in [1.807, 2.05) is 25.1 Å². The Morgan fingerprint density at radius 2 is 1.81 bits per heavy atom. The van der Waals surface area contributed by atoms with Crippen molar-refractivity contribution in [3.8, 4) is 0 Å². The summed E-state index contributed by atoms with van der Waals surface area (Å²) in [5.41, 5.74) is 2.33. The van der Waals surface area contributed by atoms with Gasteiger partial charge in [0, 0.05) is 6.42 Å². The number of benzene rings is 1. The van der Waals surface area contributed by atoms with Crippen molar-refractivity contribution < 1.29 is 17.4 Å². The van der Waals surface area contributed by atoms with Crippen LogP contribution in [0.5, 0.6) is 0 Å². The molecule has 7 atom stereocenters. The summed E-state index contributed by atoms with van der Waals surface area (Å²) in [5, 5.41) is 0. The van der Waals surface area contributed by atoms with E-state index in [1.165, 1.54) is 5.57 Å². The van der Waals surface area contributed by atoms with E-state index in [4.69, 9.17) is 4.18 Å². The molecule has 0 saturated heterocycles. The predicted octanol–water partition coefficient (Wildman–Crippen LogP) is 5.46. The van der Waals surface area contributed by atoms with Crippen LogP contribution in [0.2, 0.25) is 0 Å². The number of carbonyl (C=O) groups excluding carboxylic acids is 1. The molecule has 0 heterocycles. The van der Waals surface area contributed by atoms with Crippen LogP contribution >= 0.6 is 0 Å². The van der Waals surface area contributed by atoms with E-state index in [0.29, 0.717) is 41.8 Å². The first-order valence-corrected chi connectivity index (χ1v) is 13.3. The molecule has 168 valence electrons. The Morgan fingerprint density at radius 3 is 2.55 bits per heavy atom. The molecule has 0 aliphatic heterocycles. The van der Waals surface area contributed by atoms with Crippen molar-refractivity contribution in [2.24, 2.45) is 35.0 Å². The molecule has 0 N–H and O–H groups in total. The summed E-state index contributed by atoms with van der Waals surface area (Å²) >= 11 is 0. The minimum Gasteiger partial charge on any atom is -0.295 e. The average Bonchev–Trinajstić information content (AvgIpc) is 3.03. The van der Waals surface area contributed by atoms with Gasteiger partial charge in [-0.05, 0) is 98.7 Å². The number of fused-ring (bicyclic) bond motifs is 5. The third-order valence-corrected chi connectivity index (χ3v) is 10.4. The van der Waals surface area contributed by atoms with Crippen molar-refractivity contribution in [1.29, 1.82) is 0 Å². The summed E-state index contributed by atoms with van der Waals surface area (Å²) in [4.78, 5) is 12.2. The third kappa shape index (κ3) is 3.52. The van der Waals surface area contributed by atoms with Crippen LogP contribution < -0.4 is 0 Å². The highest BCUT2D eigenvalue weighted by atomic mass is 32.2. The molecule has 31 heavy (non-hydrogen) atoms. The fourth-order valence-corrected chi connectivity index (χ4v) is 8.81. The van der Waals surface area contributed by atoms with Gasteiger partial charge in [0.2, 0.25) is 0 Å². The van der Waals surface area contributed by atoms with Gasteiger partial charge in [0.05, 0.1) is 11.0 Å². The summed E-state index contributed by atoms with van der Waals surface area (Å²) in [6, 6.07) is 6.95. The van der Waals surface area contributed by atoms with Crippen molar-refractivity contribution >= 4 is 15.9 Å². The number of ketones is 1. The smallest absolute Gasteiger partial charge is 0.295 e. The van der Waals surface area contributed by atoms with Crippen LogP contribution in [-0.4, -0.2) is 20.3 Å². The number of allylic oxidation sites excluding steroid dienone is 1. The van der Waals surface area contributed by atoms with Crippen molar-refractivity contribution in [3.05, 3.63) is 41.5 Å². The first-order chi connectivity index (χ1) is 14.7. The fourth-order valence-electron chi connectivity index (χ4n) is 7.61. The third-order valence-electron chi connectivity index (χ3n) is 9.11. The lowest BCUT2D eigenvalue weighted by atomic mass is 9.49. The Hall–Kier alpha value is -1.46. The normalized spacial score (nSPS) is 40.0. The molecule has 0 bridgehead atoms. The van der Waals surface area contributed by atoms with Gasteiger partial charge >= 0.3 is 0 Å². The van der Waals surface area contributed by atoms with Crippen LogP contribution in [-0.2, 0) is 19.1 Å². The minimum atomic E-state index is -3.76. The van der Waals surface area contributed by atoms with Gasteiger partial charge in [-0.2, -0.15) is 8.42 Å². The van der Waals surface area contributed by atoms with E-state index in [2.05, 4.69) is 13.8 Å². The van der Waals surface area contributed by atoms with Crippen LogP contribution in [0, 0.1) is 41.9 Å². The Bertz CT molecular complexity index is 1010. The molecule has 0 amide bonds. The SMILES string of the molecule is Cc1ccc(S(=O)(=O)OC2CCC3C4C(C)CC5=CC(=O)CCC5C4CCC23C)cc1. The second-order valence-electron chi connectivity index (χ2n) is 10.8. The van der Waals surface area contributed by atoms with Crippen molar-refractivity contribution in [1.82, 2.24) is 0 Å². The summed E-state index contributed by atoms with van der Waals surface area (Å²) in [6.45, 7) is 6.57. The van der Waals surface area contributed by atoms with E-state index in [9.17, 15) is 13.2 Å². The quantitative estimate of drug-likeness (QED) is 0.584. The van der Waals surface area contributed by atoms with E-state index < -0.39 is 10.1 Å². The van der Waals surface area contributed by atoms with Crippen LogP contribution in [0.25, 0.3) is 0 Å². The predicted molar refractivity (Wildman–Crippen MR) is 120 cm³/mol. The molecule has 3 saturated carbocycles. The molecule has 0 spiro atoms. The summed E-state index contributed by atoms with van der Waals surface area (Å²) < 4.78 is 32.0. The summed E-state index contributed by atoms with van der Waals surface area (Å²) in [5.74, 6) is 3.13. The maximum absolute atomic E-state index is 13.0. The lowest BCUT2D eigenvalue weighted by molar-refractivity contribution is -0.116. The van der Waals surface area contributed by atoms with Gasteiger partial charge in [-0.1, -0.05) is 37.1 Å². The van der Waals surface area contributed by atoms with E-state index in [0.717, 1.165) is 44.1 Å². The molecule has 4 nitrogen and oxygen atoms in total. The van der Waals surface area contributed by atoms with E-state index >= 15 is 0 Å². The molecule has 0 radical (unpaired) electrons. The first kappa shape index (κ1) is 21.4. The number of hydrogen-bond acceptors (Lipinski definition) is 4. The Balaban J connectivity index is 1.39. The molecule has 7 unspecified atom stereocenters. The molecule has 3 fully saturated rings. The Morgan fingerprint density at radius 1 is 1.06 bits per heavy atom. The van der Waals surface area contributed by atoms with Crippen LogP contribution in [0.15, 0.2) is 40.8 Å². The molecule has 1 aromatic rings. The Labute approximate surface area is 186 Å². The second-order valence-corrected chi connectivity index (χ2v) is 12.4. The molecular formula is C26H34O4S. The Kier molecular flexibility index (Phi) is 5.21. The molecule has 4 aliphatic rings. The number of hydrogen-bond donors (Lipinski definition) is 0. The minimum absolute atomic E-state index is 0.0983. The van der Waals surface area contributed by atoms with Crippen LogP contribution in [0.3, 0.4) is 0 Å². The highest BCUT2D eigenvalue weighted by Gasteiger charge is 2.59. The fraction of sp³-hybridized carbons (Fsp3) is 0.654. The van der Waals surface area contributed by atoms with Gasteiger partial charge in [0.15, 0.2) is 5.78 Å². The molecule has 0 aromatic heterocycles. The van der Waals surface area contributed by atoms with Crippen LogP contribution in [0.1, 0.15) is 64.4 Å². The van der Waals surface area contributed by atoms with Crippen molar-refractivity contribution in [3.63, 3.8) is 0 Å². The molecule has 5 heteroatoms. The van der Waals surface area contributed by atoms with Crippen molar-refractivity contribution in [2.75, 3.05) is 0 Å². The second kappa shape index (κ2) is 7.55. The van der Waals surface area contributed by atoms with Gasteiger partial charge in [0.25, 0.3) is 10.1 Å². The lowest BCUT2D eigenvalue weighted by Gasteiger charge is -2.55. The highest BCUT2D eigenvalue weighted by Crippen LogP contribution is 2.63. The topological polar surface area (TPSA) is 60.4 Å². The molecule has 4 aliphatic carbocycles. The average molecular weight is 443 g/mol. The lowest BCUT2D eigenvalue weighted by Crippen LogP contribution is -2.50. The zero-order valence-corrected chi connectivity index (χ0v) is 19.7. The van der Waals surface area contributed by atoms with Crippen molar-refractivity contribution in [2.45, 2.75) is 76.7 Å².